The van der Waals surface area contributed by atoms with E-state index in [1.807, 2.05) is 0 Å². The lowest BCUT2D eigenvalue weighted by atomic mass is 10.0. The summed E-state index contributed by atoms with van der Waals surface area (Å²) in [5, 5.41) is 6.31. The van der Waals surface area contributed by atoms with Crippen molar-refractivity contribution in [2.24, 2.45) is 11.8 Å². The van der Waals surface area contributed by atoms with Crippen LogP contribution in [0.4, 0.5) is 0 Å². The summed E-state index contributed by atoms with van der Waals surface area (Å²) in [5.41, 5.74) is 0. The quantitative estimate of drug-likeness (QED) is 0.725. The molecule has 2 heterocycles. The van der Waals surface area contributed by atoms with Crippen LogP contribution in [0.3, 0.4) is 0 Å². The highest BCUT2D eigenvalue weighted by molar-refractivity contribution is 5.88. The van der Waals surface area contributed by atoms with Crippen LogP contribution in [0, 0.1) is 11.8 Å². The zero-order valence-corrected chi connectivity index (χ0v) is 10.8. The first kappa shape index (κ1) is 12.0. The molecule has 3 rings (SSSR count). The second-order valence-corrected chi connectivity index (χ2v) is 5.85. The molecule has 100 valence electrons. The van der Waals surface area contributed by atoms with Crippen LogP contribution in [-0.2, 0) is 9.59 Å². The molecule has 1 saturated carbocycles. The van der Waals surface area contributed by atoms with E-state index in [2.05, 4.69) is 10.6 Å². The van der Waals surface area contributed by atoms with Crippen LogP contribution in [0.25, 0.3) is 0 Å². The molecule has 0 aromatic rings. The number of fused-ring (bicyclic) bond motifs is 1. The van der Waals surface area contributed by atoms with E-state index in [-0.39, 0.29) is 23.9 Å². The van der Waals surface area contributed by atoms with Gasteiger partial charge in [-0.3, -0.25) is 9.59 Å². The van der Waals surface area contributed by atoms with Gasteiger partial charge in [0.25, 0.3) is 0 Å². The lowest BCUT2D eigenvalue weighted by Crippen LogP contribution is -2.49. The molecule has 1 aliphatic carbocycles. The van der Waals surface area contributed by atoms with Gasteiger partial charge in [-0.2, -0.15) is 0 Å². The van der Waals surface area contributed by atoms with Crippen molar-refractivity contribution in [1.29, 1.82) is 0 Å². The number of carbonyl (C=O) groups excluding carboxylic acids is 2. The average molecular weight is 251 g/mol. The minimum Gasteiger partial charge on any atom is -0.354 e. The maximum atomic E-state index is 12.2. The van der Waals surface area contributed by atoms with Crippen LogP contribution in [0.1, 0.15) is 26.2 Å². The Balaban J connectivity index is 1.65. The third-order valence-corrected chi connectivity index (χ3v) is 4.45. The Morgan fingerprint density at radius 3 is 2.78 bits per heavy atom. The van der Waals surface area contributed by atoms with Crippen molar-refractivity contribution in [3.05, 3.63) is 0 Å². The lowest BCUT2D eigenvalue weighted by Gasteiger charge is -2.27. The smallest absolute Gasteiger partial charge is 0.242 e. The van der Waals surface area contributed by atoms with E-state index < -0.39 is 0 Å². The summed E-state index contributed by atoms with van der Waals surface area (Å²) in [6, 6.07) is -0.0162. The molecule has 2 aliphatic heterocycles. The summed E-state index contributed by atoms with van der Waals surface area (Å²) in [5.74, 6) is 1.21. The molecule has 0 radical (unpaired) electrons. The number of carbonyl (C=O) groups is 2. The van der Waals surface area contributed by atoms with Crippen molar-refractivity contribution in [2.45, 2.75) is 38.3 Å². The summed E-state index contributed by atoms with van der Waals surface area (Å²) in [6.07, 6.45) is 3.28. The van der Waals surface area contributed by atoms with Crippen molar-refractivity contribution in [3.8, 4) is 0 Å². The number of rotatable bonds is 3. The third kappa shape index (κ3) is 2.11. The van der Waals surface area contributed by atoms with E-state index in [0.29, 0.717) is 11.8 Å². The van der Waals surface area contributed by atoms with Crippen LogP contribution in [0.5, 0.6) is 0 Å². The monoisotopic (exact) mass is 251 g/mol. The standard InChI is InChI=1S/C13H21N3O2/c1-8(17)16-11(4-10-6-14-7-12(10)16)13(18)15-5-9-2-3-9/h9-12,14H,2-7H2,1H3,(H,15,18)/t10-,11-,12+/m0/s1. The highest BCUT2D eigenvalue weighted by Crippen LogP contribution is 2.33. The first-order valence-corrected chi connectivity index (χ1v) is 6.94. The molecular formula is C13H21N3O2. The largest absolute Gasteiger partial charge is 0.354 e. The topological polar surface area (TPSA) is 61.4 Å². The molecule has 0 unspecified atom stereocenters. The first-order chi connectivity index (χ1) is 8.66. The molecule has 18 heavy (non-hydrogen) atoms. The summed E-state index contributed by atoms with van der Waals surface area (Å²) in [4.78, 5) is 25.8. The maximum Gasteiger partial charge on any atom is 0.242 e. The van der Waals surface area contributed by atoms with Gasteiger partial charge in [-0.1, -0.05) is 0 Å². The van der Waals surface area contributed by atoms with Crippen LogP contribution in [0.2, 0.25) is 0 Å². The predicted octanol–water partition coefficient (Wildman–Crippen LogP) is -0.279. The fraction of sp³-hybridized carbons (Fsp3) is 0.846. The average Bonchev–Trinajstić information content (AvgIpc) is 2.91. The maximum absolute atomic E-state index is 12.2. The van der Waals surface area contributed by atoms with Gasteiger partial charge in [-0.05, 0) is 31.1 Å². The van der Waals surface area contributed by atoms with Crippen molar-refractivity contribution in [2.75, 3.05) is 19.6 Å². The van der Waals surface area contributed by atoms with Gasteiger partial charge in [0, 0.05) is 32.6 Å². The fourth-order valence-corrected chi connectivity index (χ4v) is 3.29. The number of nitrogens with zero attached hydrogens (tertiary/aromatic N) is 1. The molecular weight excluding hydrogens is 230 g/mol. The second-order valence-electron chi connectivity index (χ2n) is 5.85. The van der Waals surface area contributed by atoms with Gasteiger partial charge in [-0.15, -0.1) is 0 Å². The fourth-order valence-electron chi connectivity index (χ4n) is 3.29. The summed E-state index contributed by atoms with van der Waals surface area (Å²) in [6.45, 7) is 4.12. The molecule has 3 fully saturated rings. The molecule has 0 aromatic carbocycles. The second kappa shape index (κ2) is 4.53. The Kier molecular flexibility index (Phi) is 3.01. The summed E-state index contributed by atoms with van der Waals surface area (Å²) in [7, 11) is 0. The molecule has 5 nitrogen and oxygen atoms in total. The van der Waals surface area contributed by atoms with Crippen LogP contribution in [0.15, 0.2) is 0 Å². The number of hydrogen-bond donors (Lipinski definition) is 2. The zero-order valence-electron chi connectivity index (χ0n) is 10.8. The van der Waals surface area contributed by atoms with Crippen LogP contribution < -0.4 is 10.6 Å². The lowest BCUT2D eigenvalue weighted by molar-refractivity contribution is -0.138. The summed E-state index contributed by atoms with van der Waals surface area (Å²) >= 11 is 0. The van der Waals surface area contributed by atoms with Crippen LogP contribution in [-0.4, -0.2) is 48.4 Å². The van der Waals surface area contributed by atoms with E-state index in [4.69, 9.17) is 0 Å². The number of amides is 2. The summed E-state index contributed by atoms with van der Waals surface area (Å²) < 4.78 is 0. The molecule has 2 amide bonds. The molecule has 2 saturated heterocycles. The van der Waals surface area contributed by atoms with Gasteiger partial charge < -0.3 is 15.5 Å². The van der Waals surface area contributed by atoms with Crippen molar-refractivity contribution in [3.63, 3.8) is 0 Å². The number of nitrogens with one attached hydrogen (secondary N) is 2. The van der Waals surface area contributed by atoms with E-state index in [1.54, 1.807) is 11.8 Å². The third-order valence-electron chi connectivity index (χ3n) is 4.45. The Bertz CT molecular complexity index is 367. The Hall–Kier alpha value is -1.10. The zero-order chi connectivity index (χ0) is 12.7. The SMILES string of the molecule is CC(=O)N1[C@@H]2CNC[C@@H]2C[C@H]1C(=O)NCC1CC1. The Labute approximate surface area is 107 Å². The van der Waals surface area contributed by atoms with E-state index in [9.17, 15) is 9.59 Å². The van der Waals surface area contributed by atoms with E-state index in [1.165, 1.54) is 12.8 Å². The molecule has 3 aliphatic rings. The highest BCUT2D eigenvalue weighted by Gasteiger charge is 2.47. The van der Waals surface area contributed by atoms with Gasteiger partial charge in [0.2, 0.25) is 11.8 Å². The molecule has 3 atom stereocenters. The Morgan fingerprint density at radius 2 is 2.11 bits per heavy atom. The van der Waals surface area contributed by atoms with Gasteiger partial charge in [0.1, 0.15) is 6.04 Å². The van der Waals surface area contributed by atoms with Crippen molar-refractivity contribution in [1.82, 2.24) is 15.5 Å². The van der Waals surface area contributed by atoms with Crippen molar-refractivity contribution >= 4 is 11.8 Å². The number of likely N-dealkylation sites (tertiary alicyclic amines) is 1. The number of hydrogen-bond acceptors (Lipinski definition) is 3. The van der Waals surface area contributed by atoms with E-state index in [0.717, 1.165) is 26.1 Å². The van der Waals surface area contributed by atoms with Crippen LogP contribution >= 0.6 is 0 Å². The van der Waals surface area contributed by atoms with Gasteiger partial charge >= 0.3 is 0 Å². The molecule has 0 bridgehead atoms. The van der Waals surface area contributed by atoms with Gasteiger partial charge in [0.05, 0.1) is 0 Å². The molecule has 5 heteroatoms. The van der Waals surface area contributed by atoms with Crippen molar-refractivity contribution < 1.29 is 9.59 Å². The first-order valence-electron chi connectivity index (χ1n) is 6.94. The highest BCUT2D eigenvalue weighted by atomic mass is 16.2. The molecule has 0 aromatic heterocycles. The minimum atomic E-state index is -0.238. The Morgan fingerprint density at radius 1 is 1.33 bits per heavy atom. The molecule has 0 spiro atoms. The predicted molar refractivity (Wildman–Crippen MR) is 66.8 cm³/mol. The van der Waals surface area contributed by atoms with Gasteiger partial charge in [-0.25, -0.2) is 0 Å². The van der Waals surface area contributed by atoms with E-state index >= 15 is 0 Å². The van der Waals surface area contributed by atoms with Gasteiger partial charge in [0.15, 0.2) is 0 Å². The normalized spacial score (nSPS) is 34.5. The molecule has 2 N–H and O–H groups in total. The minimum absolute atomic E-state index is 0.0257.